The number of methoxy groups -OCH3 is 3. The standard InChI is InChI=1S/C78H102N6O21/c1-76(2,3)103-73(88)82-67(49-94-46-52-25-16-13-17-26-52)100-70(85)79-31-22-34-97-64-43-58-37-56-41-62(92-11)66(99-36-24-33-81-72(87)102-69(84-75(90)105-78(7,8)9)51-96-48-54-29-20-15-21-30-54)45-60(56)39-57-42-63(93-12)65(44-59(57)38-55(58)40-61(64)91-10)98-35-23-32-80-71(86)101-68(83-74(89)104-77(4,5)6)50-95-47-53-27-18-14-19-28-53/h13-21,25-30,40-45,67-69H,22-24,31-39,46-51H2,1-12H3,(H,79,85)(H,80,86)(H,81,87)(H,82,88)(H,83,89)(H,84,90)/t67-,68-,69-/m0/s1. The molecule has 570 valence electrons. The van der Waals surface area contributed by atoms with Crippen LogP contribution in [0.1, 0.15) is 132 Å². The average molecular weight is 1460 g/mol. The molecule has 27 heteroatoms. The number of alkyl carbamates (subject to hydrolysis) is 6. The Morgan fingerprint density at radius 2 is 0.581 bits per heavy atom. The third kappa shape index (κ3) is 30.5. The Morgan fingerprint density at radius 3 is 0.810 bits per heavy atom. The second kappa shape index (κ2) is 41.2. The maximum Gasteiger partial charge on any atom is 0.410 e. The highest BCUT2D eigenvalue weighted by atomic mass is 16.6. The summed E-state index contributed by atoms with van der Waals surface area (Å²) in [6, 6.07) is 40.0. The number of hydrogen-bond donors (Lipinski definition) is 6. The van der Waals surface area contributed by atoms with Crippen molar-refractivity contribution < 1.29 is 99.8 Å². The first-order valence-corrected chi connectivity index (χ1v) is 34.8. The monoisotopic (exact) mass is 1460 g/mol. The Hall–Kier alpha value is -10.4. The lowest BCUT2D eigenvalue weighted by molar-refractivity contribution is -0.0131. The third-order valence-electron chi connectivity index (χ3n) is 15.1. The lowest BCUT2D eigenvalue weighted by atomic mass is 9.94. The predicted molar refractivity (Wildman–Crippen MR) is 389 cm³/mol. The summed E-state index contributed by atoms with van der Waals surface area (Å²) >= 11 is 0. The molecule has 27 nitrogen and oxygen atoms in total. The minimum atomic E-state index is -1.17. The van der Waals surface area contributed by atoms with E-state index in [4.69, 9.17) is 71.1 Å². The minimum absolute atomic E-state index is 0.146. The highest BCUT2D eigenvalue weighted by Gasteiger charge is 2.28. The third-order valence-corrected chi connectivity index (χ3v) is 15.1. The van der Waals surface area contributed by atoms with E-state index in [2.05, 4.69) is 31.9 Å². The van der Waals surface area contributed by atoms with Gasteiger partial charge in [-0.25, -0.2) is 28.8 Å². The second-order valence-corrected chi connectivity index (χ2v) is 27.4. The van der Waals surface area contributed by atoms with Gasteiger partial charge in [0.15, 0.2) is 34.5 Å². The molecule has 6 amide bonds. The molecular formula is C78H102N6O21. The predicted octanol–water partition coefficient (Wildman–Crippen LogP) is 12.5. The second-order valence-electron chi connectivity index (χ2n) is 27.4. The average Bonchev–Trinajstić information content (AvgIpc) is 1.75. The molecule has 0 heterocycles. The van der Waals surface area contributed by atoms with Crippen LogP contribution < -0.4 is 60.3 Å². The van der Waals surface area contributed by atoms with E-state index in [1.807, 2.05) is 127 Å². The van der Waals surface area contributed by atoms with Crippen molar-refractivity contribution in [1.29, 1.82) is 0 Å². The van der Waals surface area contributed by atoms with E-state index in [0.717, 1.165) is 50.1 Å². The Kier molecular flexibility index (Phi) is 32.1. The number of fused-ring (bicyclic) bond motifs is 3. The molecule has 6 aromatic carbocycles. The number of carbonyl (C=O) groups excluding carboxylic acids is 6. The van der Waals surface area contributed by atoms with Gasteiger partial charge in [-0.15, -0.1) is 0 Å². The number of benzene rings is 6. The summed E-state index contributed by atoms with van der Waals surface area (Å²) in [7, 11) is 4.68. The maximum atomic E-state index is 13.2. The molecule has 3 atom stereocenters. The molecule has 0 unspecified atom stereocenters. The van der Waals surface area contributed by atoms with Crippen LogP contribution in [0.15, 0.2) is 127 Å². The first-order valence-electron chi connectivity index (χ1n) is 34.8. The molecule has 0 bridgehead atoms. The summed E-state index contributed by atoms with van der Waals surface area (Å²) in [5.74, 6) is 2.75. The molecule has 0 aromatic heterocycles. The zero-order valence-corrected chi connectivity index (χ0v) is 62.2. The van der Waals surface area contributed by atoms with Crippen molar-refractivity contribution in [3.05, 3.63) is 177 Å². The Labute approximate surface area is 614 Å². The summed E-state index contributed by atoms with van der Waals surface area (Å²) in [4.78, 5) is 77.8. The summed E-state index contributed by atoms with van der Waals surface area (Å²) in [5.41, 5.74) is 5.75. The van der Waals surface area contributed by atoms with Crippen molar-refractivity contribution in [1.82, 2.24) is 31.9 Å². The molecule has 6 aromatic rings. The number of nitrogens with one attached hydrogen (secondary N) is 6. The zero-order chi connectivity index (χ0) is 75.8. The highest BCUT2D eigenvalue weighted by molar-refractivity contribution is 5.72. The normalized spacial score (nSPS) is 12.7. The van der Waals surface area contributed by atoms with Gasteiger partial charge < -0.3 is 87.0 Å². The van der Waals surface area contributed by atoms with E-state index in [9.17, 15) is 28.8 Å². The maximum absolute atomic E-state index is 13.2. The van der Waals surface area contributed by atoms with E-state index < -0.39 is 72.0 Å². The molecule has 105 heavy (non-hydrogen) atoms. The Balaban J connectivity index is 1.05. The topological polar surface area (TPSA) is 313 Å². The first kappa shape index (κ1) is 81.9. The Morgan fingerprint density at radius 1 is 0.343 bits per heavy atom. The summed E-state index contributed by atoms with van der Waals surface area (Å²) in [6.45, 7) is 16.6. The van der Waals surface area contributed by atoms with Crippen LogP contribution in [0.25, 0.3) is 0 Å². The van der Waals surface area contributed by atoms with E-state index in [1.165, 1.54) is 0 Å². The van der Waals surface area contributed by atoms with Gasteiger partial charge in [0.1, 0.15) is 36.6 Å². The van der Waals surface area contributed by atoms with Gasteiger partial charge in [0.2, 0.25) is 18.7 Å². The van der Waals surface area contributed by atoms with Crippen LogP contribution in [0, 0.1) is 0 Å². The van der Waals surface area contributed by atoms with Crippen LogP contribution in [-0.2, 0) is 81.7 Å². The summed E-state index contributed by atoms with van der Waals surface area (Å²) in [5, 5.41) is 15.9. The molecule has 0 saturated carbocycles. The molecule has 7 rings (SSSR count). The van der Waals surface area contributed by atoms with Crippen LogP contribution in [0.3, 0.4) is 0 Å². The summed E-state index contributed by atoms with van der Waals surface area (Å²) in [6.07, 6.45) is -5.93. The van der Waals surface area contributed by atoms with Gasteiger partial charge in [-0.1, -0.05) is 91.0 Å². The fourth-order valence-electron chi connectivity index (χ4n) is 10.4. The largest absolute Gasteiger partial charge is 0.493 e. The van der Waals surface area contributed by atoms with Gasteiger partial charge in [-0.3, -0.25) is 16.0 Å². The van der Waals surface area contributed by atoms with E-state index in [0.29, 0.717) is 73.0 Å². The fourth-order valence-corrected chi connectivity index (χ4v) is 10.4. The van der Waals surface area contributed by atoms with Crippen molar-refractivity contribution in [3.8, 4) is 34.5 Å². The van der Waals surface area contributed by atoms with Gasteiger partial charge in [0, 0.05) is 19.6 Å². The molecule has 0 saturated heterocycles. The minimum Gasteiger partial charge on any atom is -0.493 e. The lowest BCUT2D eigenvalue weighted by Gasteiger charge is -2.23. The number of carbonyl (C=O) groups is 6. The van der Waals surface area contributed by atoms with Crippen LogP contribution in [-0.4, -0.2) is 153 Å². The van der Waals surface area contributed by atoms with Crippen molar-refractivity contribution in [2.24, 2.45) is 0 Å². The lowest BCUT2D eigenvalue weighted by Crippen LogP contribution is -2.45. The number of rotatable bonds is 36. The van der Waals surface area contributed by atoms with Crippen molar-refractivity contribution in [3.63, 3.8) is 0 Å². The quantitative estimate of drug-likeness (QED) is 0.0121. The van der Waals surface area contributed by atoms with E-state index in [-0.39, 0.29) is 79.1 Å². The highest BCUT2D eigenvalue weighted by Crippen LogP contribution is 2.41. The smallest absolute Gasteiger partial charge is 0.410 e. The zero-order valence-electron chi connectivity index (χ0n) is 62.2. The van der Waals surface area contributed by atoms with Gasteiger partial charge in [0.25, 0.3) is 0 Å². The van der Waals surface area contributed by atoms with Gasteiger partial charge >= 0.3 is 36.6 Å². The van der Waals surface area contributed by atoms with E-state index in [1.54, 1.807) is 83.6 Å². The van der Waals surface area contributed by atoms with Crippen molar-refractivity contribution in [2.45, 2.75) is 156 Å². The van der Waals surface area contributed by atoms with Crippen molar-refractivity contribution in [2.75, 3.05) is 80.6 Å². The Bertz CT molecular complexity index is 3350. The van der Waals surface area contributed by atoms with Gasteiger partial charge in [-0.2, -0.15) is 0 Å². The fraction of sp³-hybridized carbons (Fsp3) is 0.462. The number of hydrogen-bond acceptors (Lipinski definition) is 21. The summed E-state index contributed by atoms with van der Waals surface area (Å²) < 4.78 is 87.7. The van der Waals surface area contributed by atoms with Gasteiger partial charge in [0.05, 0.1) is 61.0 Å². The van der Waals surface area contributed by atoms with Gasteiger partial charge in [-0.05, 0) is 187 Å². The van der Waals surface area contributed by atoms with E-state index >= 15 is 0 Å². The molecule has 0 fully saturated rings. The first-order chi connectivity index (χ1) is 50.2. The van der Waals surface area contributed by atoms with Crippen LogP contribution >= 0.6 is 0 Å². The SMILES string of the molecule is COc1cc2c(cc1OCCCNC(=O)O[C@@H](COCc1ccccc1)NC(=O)OC(C)(C)C)Cc1cc(OC)c(OCCCNC(=O)O[C@@H](COCc3ccccc3)NC(=O)OC(C)(C)C)cc1Cc1cc(OC)c(OCCCNC(=O)O[C@@H](COCc3ccccc3)NC(=O)OC(C)(C)C)cc1C2. The van der Waals surface area contributed by atoms with Crippen LogP contribution in [0.2, 0.25) is 0 Å². The molecule has 1 aliphatic carbocycles. The molecule has 0 radical (unpaired) electrons. The van der Waals surface area contributed by atoms with Crippen LogP contribution in [0.5, 0.6) is 34.5 Å². The molecule has 0 spiro atoms. The van der Waals surface area contributed by atoms with Crippen molar-refractivity contribution >= 4 is 36.6 Å². The molecule has 1 aliphatic rings. The molecule has 0 aliphatic heterocycles. The van der Waals surface area contributed by atoms with Crippen LogP contribution in [0.4, 0.5) is 28.8 Å². The number of ether oxygens (including phenoxy) is 15. The molecule has 6 N–H and O–H groups in total. The number of amides is 6. The molecular weight excluding hydrogens is 1360 g/mol.